The van der Waals surface area contributed by atoms with Crippen molar-refractivity contribution in [1.29, 1.82) is 0 Å². The molecule has 0 radical (unpaired) electrons. The topological polar surface area (TPSA) is 158 Å². The van der Waals surface area contributed by atoms with Gasteiger partial charge in [0.15, 0.2) is 17.1 Å². The van der Waals surface area contributed by atoms with Crippen LogP contribution in [0.2, 0.25) is 0 Å². The number of rotatable bonds is 8. The molecule has 10 nitrogen and oxygen atoms in total. The van der Waals surface area contributed by atoms with Gasteiger partial charge in [-0.05, 0) is 98.1 Å². The summed E-state index contributed by atoms with van der Waals surface area (Å²) in [7, 11) is 4.99. The zero-order chi connectivity index (χ0) is 37.0. The van der Waals surface area contributed by atoms with Crippen LogP contribution in [-0.4, -0.2) is 80.8 Å². The molecular formula is C41H50O10S2. The highest BCUT2D eigenvalue weighted by Crippen LogP contribution is 2.65. The number of aromatic hydroxyl groups is 3. The average molecular weight is 767 g/mol. The van der Waals surface area contributed by atoms with Crippen LogP contribution in [0.15, 0.2) is 30.3 Å². The Hall–Kier alpha value is -3.16. The molecule has 286 valence electrons. The van der Waals surface area contributed by atoms with E-state index >= 15 is 0 Å². The molecule has 0 spiro atoms. The molecule has 3 aromatic carbocycles. The molecule has 0 saturated heterocycles. The minimum absolute atomic E-state index is 0.0213. The van der Waals surface area contributed by atoms with Crippen LogP contribution in [0.3, 0.4) is 0 Å². The molecule has 12 heteroatoms. The minimum atomic E-state index is -1.45. The van der Waals surface area contributed by atoms with Crippen molar-refractivity contribution in [2.24, 2.45) is 5.92 Å². The number of fused-ring (bicyclic) bond motifs is 5. The molecule has 2 heterocycles. The Morgan fingerprint density at radius 3 is 2.49 bits per heavy atom. The van der Waals surface area contributed by atoms with Crippen molar-refractivity contribution in [2.45, 2.75) is 106 Å². The number of ether oxygens (including phenoxy) is 4. The Bertz CT molecular complexity index is 1850. The molecule has 2 saturated carbocycles. The maximum atomic E-state index is 12.9. The van der Waals surface area contributed by atoms with Gasteiger partial charge < -0.3 is 49.6 Å². The van der Waals surface area contributed by atoms with E-state index in [0.717, 1.165) is 78.5 Å². The third kappa shape index (κ3) is 6.16. The molecule has 53 heavy (non-hydrogen) atoms. The highest BCUT2D eigenvalue weighted by Gasteiger charge is 2.59. The summed E-state index contributed by atoms with van der Waals surface area (Å²) in [6.07, 6.45) is 6.32. The summed E-state index contributed by atoms with van der Waals surface area (Å²) in [5.74, 6) is 0.939. The van der Waals surface area contributed by atoms with Gasteiger partial charge in [0.1, 0.15) is 30.0 Å². The summed E-state index contributed by atoms with van der Waals surface area (Å²) in [6.45, 7) is 1.91. The second-order valence-corrected chi connectivity index (χ2v) is 18.1. The SMILES string of the molecule is COc1c(O)c(OC2CCCC2)cc([C@@]23CC[C@@H]4SSCC[C@@H](C)CC[C@H]5c6cc(O)ccc6-c6c(OCCO)cc(c(c6[C@H]5CO)[C@H]4[C@H]2O)O3)c1O. The third-order valence-corrected chi connectivity index (χ3v) is 15.4. The van der Waals surface area contributed by atoms with Crippen LogP contribution in [0, 0.1) is 5.92 Å². The predicted octanol–water partition coefficient (Wildman–Crippen LogP) is 7.44. The Kier molecular flexibility index (Phi) is 10.3. The third-order valence-electron chi connectivity index (χ3n) is 12.4. The predicted molar refractivity (Wildman–Crippen MR) is 205 cm³/mol. The van der Waals surface area contributed by atoms with E-state index in [2.05, 4.69) is 6.92 Å². The second-order valence-electron chi connectivity index (χ2n) is 15.4. The van der Waals surface area contributed by atoms with Crippen LogP contribution in [0.5, 0.6) is 40.2 Å². The number of aliphatic hydroxyl groups excluding tert-OH is 3. The number of benzene rings is 3. The standard InChI is InChI=1S/C41H50O10S2/c1-21-7-9-24-26-17-22(44)8-10-25(26)33-29(49-15-14-42)19-30-35(34(33)27(24)20-43)36-32(53-52-16-12-21)11-13-41(51-30,40(36)47)28-18-31(50-23-5-3-4-6-23)38(46)39(48-2)37(28)45/h8,10,17-19,21,23-24,27,32,36,40,42-47H,3-7,9,11-16,20H2,1-2H3/t21-,24-,27-,32-,36-,40+,41-/m0/s1. The Morgan fingerprint density at radius 2 is 1.74 bits per heavy atom. The number of hydrogen-bond donors (Lipinski definition) is 6. The van der Waals surface area contributed by atoms with Crippen molar-refractivity contribution in [3.05, 3.63) is 52.6 Å². The van der Waals surface area contributed by atoms with E-state index in [1.165, 1.54) is 7.11 Å². The zero-order valence-corrected chi connectivity index (χ0v) is 31.9. The van der Waals surface area contributed by atoms with Gasteiger partial charge in [-0.15, -0.1) is 0 Å². The van der Waals surface area contributed by atoms with E-state index in [9.17, 15) is 30.6 Å². The van der Waals surface area contributed by atoms with E-state index in [1.54, 1.807) is 29.0 Å². The highest BCUT2D eigenvalue weighted by atomic mass is 33.1. The number of phenols is 3. The van der Waals surface area contributed by atoms with Gasteiger partial charge in [-0.1, -0.05) is 41.0 Å². The van der Waals surface area contributed by atoms with E-state index in [4.69, 9.17) is 18.9 Å². The summed E-state index contributed by atoms with van der Waals surface area (Å²) >= 11 is 0. The van der Waals surface area contributed by atoms with Gasteiger partial charge in [0.2, 0.25) is 11.5 Å². The van der Waals surface area contributed by atoms with Crippen molar-refractivity contribution in [2.75, 3.05) is 32.7 Å². The van der Waals surface area contributed by atoms with Gasteiger partial charge in [0.05, 0.1) is 26.4 Å². The first-order valence-electron chi connectivity index (χ1n) is 19.0. The Balaban J connectivity index is 1.38. The monoisotopic (exact) mass is 766 g/mol. The first kappa shape index (κ1) is 36.8. The van der Waals surface area contributed by atoms with Crippen LogP contribution in [0.4, 0.5) is 0 Å². The molecule has 0 amide bonds. The molecule has 8 rings (SSSR count). The van der Waals surface area contributed by atoms with Gasteiger partial charge in [-0.25, -0.2) is 0 Å². The summed E-state index contributed by atoms with van der Waals surface area (Å²) < 4.78 is 25.3. The van der Waals surface area contributed by atoms with E-state index in [1.807, 2.05) is 22.9 Å². The van der Waals surface area contributed by atoms with Gasteiger partial charge in [-0.3, -0.25) is 0 Å². The van der Waals surface area contributed by atoms with E-state index < -0.39 is 23.5 Å². The van der Waals surface area contributed by atoms with Crippen molar-refractivity contribution < 1.29 is 49.6 Å². The molecule has 3 aromatic rings. The fourth-order valence-electron chi connectivity index (χ4n) is 9.79. The van der Waals surface area contributed by atoms with Crippen LogP contribution >= 0.6 is 21.6 Å². The number of hydrogen-bond acceptors (Lipinski definition) is 12. The normalized spacial score (nSPS) is 29.3. The van der Waals surface area contributed by atoms with E-state index in [0.29, 0.717) is 30.3 Å². The van der Waals surface area contributed by atoms with Crippen LogP contribution in [-0.2, 0) is 5.60 Å². The lowest BCUT2D eigenvalue weighted by Crippen LogP contribution is -2.57. The van der Waals surface area contributed by atoms with Gasteiger partial charge in [0, 0.05) is 45.6 Å². The highest BCUT2D eigenvalue weighted by molar-refractivity contribution is 8.76. The van der Waals surface area contributed by atoms with Crippen LogP contribution in [0.25, 0.3) is 11.1 Å². The van der Waals surface area contributed by atoms with E-state index in [-0.39, 0.29) is 71.4 Å². The quantitative estimate of drug-likeness (QED) is 0.126. The van der Waals surface area contributed by atoms with Gasteiger partial charge in [0.25, 0.3) is 0 Å². The molecule has 2 aliphatic heterocycles. The maximum absolute atomic E-state index is 12.9. The average Bonchev–Trinajstić information content (AvgIpc) is 3.66. The zero-order valence-electron chi connectivity index (χ0n) is 30.3. The molecular weight excluding hydrogens is 717 g/mol. The lowest BCUT2D eigenvalue weighted by Gasteiger charge is -2.54. The number of aliphatic hydroxyl groups is 3. The molecule has 0 unspecified atom stereocenters. The molecule has 6 N–H and O–H groups in total. The molecule has 5 aliphatic rings. The molecule has 3 aliphatic carbocycles. The molecule has 4 bridgehead atoms. The summed E-state index contributed by atoms with van der Waals surface area (Å²) in [5.41, 5.74) is 3.12. The summed E-state index contributed by atoms with van der Waals surface area (Å²) in [5, 5.41) is 68.0. The van der Waals surface area contributed by atoms with Crippen molar-refractivity contribution in [1.82, 2.24) is 0 Å². The van der Waals surface area contributed by atoms with Gasteiger partial charge in [-0.2, -0.15) is 0 Å². The summed E-state index contributed by atoms with van der Waals surface area (Å²) in [4.78, 5) is 0. The first-order chi connectivity index (χ1) is 25.7. The largest absolute Gasteiger partial charge is 0.508 e. The molecule has 7 atom stereocenters. The Morgan fingerprint density at radius 1 is 0.925 bits per heavy atom. The molecule has 0 aromatic heterocycles. The first-order valence-corrected chi connectivity index (χ1v) is 21.4. The van der Waals surface area contributed by atoms with Crippen molar-refractivity contribution >= 4 is 21.6 Å². The van der Waals surface area contributed by atoms with Gasteiger partial charge >= 0.3 is 0 Å². The lowest BCUT2D eigenvalue weighted by molar-refractivity contribution is -0.112. The smallest absolute Gasteiger partial charge is 0.207 e. The fraction of sp³-hybridized carbons (Fsp3) is 0.561. The second kappa shape index (κ2) is 14.8. The molecule has 2 fully saturated rings. The maximum Gasteiger partial charge on any atom is 0.207 e. The fourth-order valence-corrected chi connectivity index (χ4v) is 12.9. The van der Waals surface area contributed by atoms with Crippen LogP contribution < -0.4 is 18.9 Å². The van der Waals surface area contributed by atoms with Crippen molar-refractivity contribution in [3.63, 3.8) is 0 Å². The van der Waals surface area contributed by atoms with Crippen LogP contribution in [0.1, 0.15) is 105 Å². The lowest BCUT2D eigenvalue weighted by atomic mass is 9.62. The number of methoxy groups -OCH3 is 1. The number of phenolic OH excluding ortho intramolecular Hbond substituents is 3. The minimum Gasteiger partial charge on any atom is -0.508 e. The van der Waals surface area contributed by atoms with Crippen molar-refractivity contribution in [3.8, 4) is 51.4 Å². The Labute approximate surface area is 318 Å². The summed E-state index contributed by atoms with van der Waals surface area (Å²) in [6, 6.07) is 8.82.